The zero-order valence-corrected chi connectivity index (χ0v) is 10.1. The lowest BCUT2D eigenvalue weighted by Gasteiger charge is -2.06. The number of carbonyl (C=O) groups is 1. The molecule has 0 atom stereocenters. The summed E-state index contributed by atoms with van der Waals surface area (Å²) in [6.45, 7) is 0. The van der Waals surface area contributed by atoms with E-state index in [4.69, 9.17) is 10.4 Å². The normalized spacial score (nSPS) is 10.2. The van der Waals surface area contributed by atoms with Gasteiger partial charge in [-0.25, -0.2) is 9.97 Å². The van der Waals surface area contributed by atoms with Crippen molar-refractivity contribution in [1.29, 1.82) is 0 Å². The Balaban J connectivity index is 2.05. The predicted octanol–water partition coefficient (Wildman–Crippen LogP) is 1.48. The summed E-state index contributed by atoms with van der Waals surface area (Å²) >= 11 is 0. The van der Waals surface area contributed by atoms with Gasteiger partial charge in [-0.2, -0.15) is 0 Å². The molecule has 0 fully saturated rings. The Morgan fingerprint density at radius 2 is 1.84 bits per heavy atom. The van der Waals surface area contributed by atoms with E-state index in [1.54, 1.807) is 0 Å². The van der Waals surface area contributed by atoms with E-state index < -0.39 is 11.1 Å². The van der Waals surface area contributed by atoms with Crippen LogP contribution >= 0.6 is 0 Å². The fourth-order valence-electron chi connectivity index (χ4n) is 1.64. The summed E-state index contributed by atoms with van der Waals surface area (Å²) in [5, 5.41) is 16.8. The lowest BCUT2D eigenvalue weighted by molar-refractivity contribution is -0.260. The summed E-state index contributed by atoms with van der Waals surface area (Å²) in [4.78, 5) is 19.3. The smallest absolute Gasteiger partial charge is 0.262 e. The summed E-state index contributed by atoms with van der Waals surface area (Å²) in [5.41, 5.74) is 1.09. The van der Waals surface area contributed by atoms with Gasteiger partial charge in [-0.1, -0.05) is 35.6 Å². The molecule has 1 aromatic heterocycles. The highest BCUT2D eigenvalue weighted by molar-refractivity contribution is 5.90. The third-order valence-electron chi connectivity index (χ3n) is 2.59. The van der Waals surface area contributed by atoms with E-state index in [1.165, 1.54) is 12.3 Å². The minimum absolute atomic E-state index is 0.0527. The maximum atomic E-state index is 11.3. The van der Waals surface area contributed by atoms with Crippen molar-refractivity contribution in [3.8, 4) is 0 Å². The van der Waals surface area contributed by atoms with Crippen LogP contribution in [0.25, 0.3) is 0 Å². The molecule has 1 amide bonds. The first kappa shape index (κ1) is 13.1. The second-order valence-corrected chi connectivity index (χ2v) is 3.94. The molecular weight excluding hydrogens is 246 g/mol. The molecule has 2 aromatic rings. The van der Waals surface area contributed by atoms with Crippen LogP contribution in [0.1, 0.15) is 21.9 Å². The van der Waals surface area contributed by atoms with Crippen LogP contribution in [-0.4, -0.2) is 31.5 Å². The van der Waals surface area contributed by atoms with Gasteiger partial charge in [-0.3, -0.25) is 15.2 Å². The molecule has 0 aliphatic heterocycles. The first-order valence-electron chi connectivity index (χ1n) is 5.75. The van der Waals surface area contributed by atoms with E-state index in [9.17, 15) is 4.79 Å². The fraction of sp³-hybridized carbons (Fsp3) is 0.154. The molecule has 6 heteroatoms. The molecular formula is C13H13N3O3. The van der Waals surface area contributed by atoms with Crippen LogP contribution < -0.4 is 0 Å². The highest BCUT2D eigenvalue weighted by atomic mass is 16.8. The molecule has 0 saturated carbocycles. The Kier molecular flexibility index (Phi) is 4.17. The lowest BCUT2D eigenvalue weighted by atomic mass is 10.1. The predicted molar refractivity (Wildman–Crippen MR) is 65.6 cm³/mol. The molecule has 98 valence electrons. The Bertz CT molecular complexity index is 558. The Labute approximate surface area is 109 Å². The molecule has 2 rings (SSSR count). The number of hydrogen-bond acceptors (Lipinski definition) is 5. The van der Waals surface area contributed by atoms with Gasteiger partial charge < -0.3 is 0 Å². The van der Waals surface area contributed by atoms with Crippen molar-refractivity contribution < 1.29 is 15.2 Å². The van der Waals surface area contributed by atoms with Crippen LogP contribution in [0.2, 0.25) is 0 Å². The number of hydroxylamine groups is 2. The van der Waals surface area contributed by atoms with Gasteiger partial charge in [0.2, 0.25) is 0 Å². The average molecular weight is 259 g/mol. The van der Waals surface area contributed by atoms with Crippen molar-refractivity contribution >= 4 is 5.91 Å². The van der Waals surface area contributed by atoms with Crippen molar-refractivity contribution in [2.24, 2.45) is 0 Å². The number of nitrogens with zero attached hydrogens (tertiary/aromatic N) is 3. The SMILES string of the molecule is O=C(c1ccnc(CCc2ccccc2)n1)N(O)O. The topological polar surface area (TPSA) is 86.6 Å². The highest BCUT2D eigenvalue weighted by Crippen LogP contribution is 2.05. The van der Waals surface area contributed by atoms with Crippen LogP contribution in [-0.2, 0) is 12.8 Å². The van der Waals surface area contributed by atoms with Crippen molar-refractivity contribution in [2.45, 2.75) is 12.8 Å². The van der Waals surface area contributed by atoms with Gasteiger partial charge in [0.15, 0.2) is 0 Å². The number of rotatable bonds is 4. The van der Waals surface area contributed by atoms with Crippen LogP contribution in [0.5, 0.6) is 0 Å². The van der Waals surface area contributed by atoms with Crippen molar-refractivity contribution in [1.82, 2.24) is 15.2 Å². The highest BCUT2D eigenvalue weighted by Gasteiger charge is 2.13. The van der Waals surface area contributed by atoms with E-state index in [-0.39, 0.29) is 5.69 Å². The summed E-state index contributed by atoms with van der Waals surface area (Å²) in [7, 11) is 0. The number of aromatic nitrogens is 2. The largest absolute Gasteiger partial charge is 0.321 e. The van der Waals surface area contributed by atoms with Crippen molar-refractivity contribution in [3.63, 3.8) is 0 Å². The summed E-state index contributed by atoms with van der Waals surface area (Å²) in [6, 6.07) is 11.2. The molecule has 1 heterocycles. The Morgan fingerprint density at radius 3 is 2.53 bits per heavy atom. The Hall–Kier alpha value is -2.31. The molecule has 0 bridgehead atoms. The molecule has 0 spiro atoms. The van der Waals surface area contributed by atoms with E-state index in [2.05, 4.69) is 9.97 Å². The number of benzene rings is 1. The van der Waals surface area contributed by atoms with Crippen molar-refractivity contribution in [2.75, 3.05) is 0 Å². The van der Waals surface area contributed by atoms with E-state index in [0.717, 1.165) is 12.0 Å². The second kappa shape index (κ2) is 6.03. The minimum atomic E-state index is -0.983. The van der Waals surface area contributed by atoms with E-state index >= 15 is 0 Å². The first-order valence-corrected chi connectivity index (χ1v) is 5.75. The number of amides is 1. The molecule has 1 aromatic carbocycles. The van der Waals surface area contributed by atoms with Crippen LogP contribution in [0, 0.1) is 0 Å². The average Bonchev–Trinajstić information content (AvgIpc) is 2.45. The molecule has 2 N–H and O–H groups in total. The molecule has 0 radical (unpaired) electrons. The number of carbonyl (C=O) groups excluding carboxylic acids is 1. The quantitative estimate of drug-likeness (QED) is 0.641. The maximum Gasteiger partial charge on any atom is 0.321 e. The number of aryl methyl sites for hydroxylation is 2. The van der Waals surface area contributed by atoms with Gasteiger partial charge in [0, 0.05) is 12.6 Å². The standard InChI is InChI=1S/C13H13N3O3/c17-13(16(18)19)11-8-9-14-12(15-11)7-6-10-4-2-1-3-5-10/h1-5,8-9,18-19H,6-7H2. The fourth-order valence-corrected chi connectivity index (χ4v) is 1.64. The molecule has 19 heavy (non-hydrogen) atoms. The van der Waals surface area contributed by atoms with E-state index in [1.807, 2.05) is 30.3 Å². The molecule has 6 nitrogen and oxygen atoms in total. The molecule has 0 aliphatic carbocycles. The van der Waals surface area contributed by atoms with Gasteiger partial charge in [0.05, 0.1) is 0 Å². The van der Waals surface area contributed by atoms with Crippen molar-refractivity contribution in [3.05, 3.63) is 59.7 Å². The van der Waals surface area contributed by atoms with Gasteiger partial charge in [0.1, 0.15) is 11.5 Å². The molecule has 0 saturated heterocycles. The van der Waals surface area contributed by atoms with Crippen LogP contribution in [0.15, 0.2) is 42.6 Å². The first-order chi connectivity index (χ1) is 9.16. The monoisotopic (exact) mass is 259 g/mol. The van der Waals surface area contributed by atoms with E-state index in [0.29, 0.717) is 12.2 Å². The summed E-state index contributed by atoms with van der Waals surface area (Å²) < 4.78 is 0. The Morgan fingerprint density at radius 1 is 1.11 bits per heavy atom. The van der Waals surface area contributed by atoms with Gasteiger partial charge >= 0.3 is 5.91 Å². The van der Waals surface area contributed by atoms with Gasteiger partial charge in [-0.05, 0) is 18.1 Å². The molecule has 0 aliphatic rings. The third-order valence-corrected chi connectivity index (χ3v) is 2.59. The summed E-state index contributed by atoms with van der Waals surface area (Å²) in [5.74, 6) is -0.500. The van der Waals surface area contributed by atoms with Crippen LogP contribution in [0.4, 0.5) is 0 Å². The third kappa shape index (κ3) is 3.57. The van der Waals surface area contributed by atoms with Gasteiger partial charge in [-0.15, -0.1) is 0 Å². The second-order valence-electron chi connectivity index (χ2n) is 3.94. The lowest BCUT2D eigenvalue weighted by Crippen LogP contribution is -2.24. The molecule has 0 unspecified atom stereocenters. The zero-order chi connectivity index (χ0) is 13.7. The number of hydrogen-bond donors (Lipinski definition) is 2. The zero-order valence-electron chi connectivity index (χ0n) is 10.1. The minimum Gasteiger partial charge on any atom is -0.262 e. The van der Waals surface area contributed by atoms with Crippen LogP contribution in [0.3, 0.4) is 0 Å². The van der Waals surface area contributed by atoms with Gasteiger partial charge in [0.25, 0.3) is 0 Å². The summed E-state index contributed by atoms with van der Waals surface area (Å²) in [6.07, 6.45) is 2.74. The maximum absolute atomic E-state index is 11.3.